The Bertz CT molecular complexity index is 571. The average molecular weight is 230 g/mol. The molecule has 17 heavy (non-hydrogen) atoms. The molecule has 0 radical (unpaired) electrons. The molecule has 0 spiro atoms. The number of aromatic amines is 1. The van der Waals surface area contributed by atoms with Crippen LogP contribution in [0.4, 0.5) is 0 Å². The summed E-state index contributed by atoms with van der Waals surface area (Å²) in [4.78, 5) is 3.54. The quantitative estimate of drug-likeness (QED) is 0.790. The molecule has 1 atom stereocenters. The monoisotopic (exact) mass is 230 g/mol. The fraction of sp³-hybridized carbons (Fsp3) is 0.429. The van der Waals surface area contributed by atoms with Crippen molar-refractivity contribution >= 4 is 10.9 Å². The number of methoxy groups -OCH3 is 1. The number of H-pyrrole nitrogens is 1. The molecule has 0 saturated carbocycles. The van der Waals surface area contributed by atoms with E-state index in [4.69, 9.17) is 4.74 Å². The highest BCUT2D eigenvalue weighted by atomic mass is 16.5. The van der Waals surface area contributed by atoms with Gasteiger partial charge in [-0.15, -0.1) is 0 Å². The highest BCUT2D eigenvalue weighted by Crippen LogP contribution is 2.34. The van der Waals surface area contributed by atoms with Gasteiger partial charge in [-0.25, -0.2) is 0 Å². The molecular weight excluding hydrogens is 212 g/mol. The van der Waals surface area contributed by atoms with Crippen LogP contribution in [0.25, 0.3) is 10.9 Å². The Morgan fingerprint density at radius 1 is 1.35 bits per heavy atom. The van der Waals surface area contributed by atoms with Crippen molar-refractivity contribution < 1.29 is 4.74 Å². The topological polar surface area (TPSA) is 37.0 Å². The lowest BCUT2D eigenvalue weighted by molar-refractivity contribution is 0.419. The third-order valence-electron chi connectivity index (χ3n) is 3.67. The Balaban J connectivity index is 2.30. The standard InChI is InChI=1S/C14H18N2O/c1-8-4-5-12(17-3)14-13(8)10-7-15-9(2)6-11(10)16-14/h4-5,9,15-16H,6-7H2,1-3H3. The predicted octanol–water partition coefficient (Wildman–Crippen LogP) is 2.52. The Morgan fingerprint density at radius 2 is 2.18 bits per heavy atom. The summed E-state index contributed by atoms with van der Waals surface area (Å²) in [5.74, 6) is 0.938. The summed E-state index contributed by atoms with van der Waals surface area (Å²) in [5, 5.41) is 4.85. The van der Waals surface area contributed by atoms with E-state index in [0.717, 1.165) is 24.2 Å². The van der Waals surface area contributed by atoms with Crippen LogP contribution in [-0.4, -0.2) is 18.1 Å². The summed E-state index contributed by atoms with van der Waals surface area (Å²) in [6.45, 7) is 5.33. The molecule has 1 aromatic carbocycles. The van der Waals surface area contributed by atoms with Gasteiger partial charge in [0.05, 0.1) is 12.6 Å². The maximum Gasteiger partial charge on any atom is 0.142 e. The minimum Gasteiger partial charge on any atom is -0.495 e. The maximum atomic E-state index is 5.44. The third-order valence-corrected chi connectivity index (χ3v) is 3.67. The lowest BCUT2D eigenvalue weighted by Gasteiger charge is -2.20. The number of aromatic nitrogens is 1. The molecule has 2 N–H and O–H groups in total. The minimum absolute atomic E-state index is 0.543. The fourth-order valence-corrected chi connectivity index (χ4v) is 2.77. The van der Waals surface area contributed by atoms with E-state index in [1.54, 1.807) is 7.11 Å². The van der Waals surface area contributed by atoms with Crippen LogP contribution in [-0.2, 0) is 13.0 Å². The van der Waals surface area contributed by atoms with Crippen LogP contribution in [0.15, 0.2) is 12.1 Å². The number of benzene rings is 1. The summed E-state index contributed by atoms with van der Waals surface area (Å²) < 4.78 is 5.44. The highest BCUT2D eigenvalue weighted by Gasteiger charge is 2.21. The van der Waals surface area contributed by atoms with Gasteiger partial charge in [0.25, 0.3) is 0 Å². The largest absolute Gasteiger partial charge is 0.495 e. The van der Waals surface area contributed by atoms with Crippen molar-refractivity contribution in [1.29, 1.82) is 0 Å². The van der Waals surface area contributed by atoms with Gasteiger partial charge >= 0.3 is 0 Å². The van der Waals surface area contributed by atoms with Gasteiger partial charge in [0, 0.05) is 30.1 Å². The van der Waals surface area contributed by atoms with E-state index in [1.807, 2.05) is 6.07 Å². The van der Waals surface area contributed by atoms with E-state index >= 15 is 0 Å². The van der Waals surface area contributed by atoms with Crippen molar-refractivity contribution in [2.24, 2.45) is 0 Å². The Morgan fingerprint density at radius 3 is 2.94 bits per heavy atom. The van der Waals surface area contributed by atoms with E-state index in [0.29, 0.717) is 6.04 Å². The molecule has 2 heterocycles. The van der Waals surface area contributed by atoms with Crippen molar-refractivity contribution in [2.45, 2.75) is 32.9 Å². The molecule has 0 saturated heterocycles. The number of ether oxygens (including phenoxy) is 1. The van der Waals surface area contributed by atoms with Gasteiger partial charge in [0.1, 0.15) is 5.75 Å². The molecule has 2 aromatic rings. The SMILES string of the molecule is COc1ccc(C)c2c3c([nH]c12)CC(C)NC3. The molecule has 3 rings (SSSR count). The summed E-state index contributed by atoms with van der Waals surface area (Å²) in [6, 6.07) is 4.71. The molecule has 0 amide bonds. The van der Waals surface area contributed by atoms with Gasteiger partial charge < -0.3 is 15.0 Å². The number of hydrogen-bond acceptors (Lipinski definition) is 2. The summed E-state index contributed by atoms with van der Waals surface area (Å²) >= 11 is 0. The first kappa shape index (κ1) is 10.7. The Labute approximate surface area is 101 Å². The maximum absolute atomic E-state index is 5.44. The first-order valence-electron chi connectivity index (χ1n) is 6.11. The van der Waals surface area contributed by atoms with E-state index in [1.165, 1.54) is 22.2 Å². The smallest absolute Gasteiger partial charge is 0.142 e. The summed E-state index contributed by atoms with van der Waals surface area (Å²) in [6.07, 6.45) is 1.06. The highest BCUT2D eigenvalue weighted by molar-refractivity contribution is 5.92. The van der Waals surface area contributed by atoms with E-state index < -0.39 is 0 Å². The fourth-order valence-electron chi connectivity index (χ4n) is 2.77. The van der Waals surface area contributed by atoms with Crippen molar-refractivity contribution in [1.82, 2.24) is 10.3 Å². The molecule has 3 nitrogen and oxygen atoms in total. The van der Waals surface area contributed by atoms with E-state index in [-0.39, 0.29) is 0 Å². The third kappa shape index (κ3) is 1.53. The lowest BCUT2D eigenvalue weighted by atomic mass is 9.99. The van der Waals surface area contributed by atoms with Crippen molar-refractivity contribution in [3.63, 3.8) is 0 Å². The van der Waals surface area contributed by atoms with Crippen LogP contribution < -0.4 is 10.1 Å². The second-order valence-corrected chi connectivity index (χ2v) is 4.90. The first-order chi connectivity index (χ1) is 8.20. The van der Waals surface area contributed by atoms with Crippen LogP contribution >= 0.6 is 0 Å². The molecule has 1 aliphatic rings. The second-order valence-electron chi connectivity index (χ2n) is 4.90. The van der Waals surface area contributed by atoms with Gasteiger partial charge in [0.15, 0.2) is 0 Å². The number of hydrogen-bond donors (Lipinski definition) is 2. The zero-order valence-corrected chi connectivity index (χ0v) is 10.6. The van der Waals surface area contributed by atoms with Crippen molar-refractivity contribution in [3.05, 3.63) is 29.0 Å². The molecule has 0 fully saturated rings. The normalized spacial score (nSPS) is 19.4. The summed E-state index contributed by atoms with van der Waals surface area (Å²) in [5.41, 5.74) is 5.23. The zero-order chi connectivity index (χ0) is 12.0. The Kier molecular flexibility index (Phi) is 2.37. The molecule has 3 heteroatoms. The van der Waals surface area contributed by atoms with Crippen LogP contribution in [0.1, 0.15) is 23.7 Å². The van der Waals surface area contributed by atoms with E-state index in [9.17, 15) is 0 Å². The zero-order valence-electron chi connectivity index (χ0n) is 10.6. The second kappa shape index (κ2) is 3.77. The van der Waals surface area contributed by atoms with Crippen LogP contribution in [0.2, 0.25) is 0 Å². The van der Waals surface area contributed by atoms with E-state index in [2.05, 4.69) is 30.2 Å². The number of rotatable bonds is 1. The first-order valence-corrected chi connectivity index (χ1v) is 6.11. The molecule has 1 unspecified atom stereocenters. The van der Waals surface area contributed by atoms with Gasteiger partial charge in [-0.3, -0.25) is 0 Å². The molecule has 0 bridgehead atoms. The van der Waals surface area contributed by atoms with Crippen molar-refractivity contribution in [2.75, 3.05) is 7.11 Å². The molecule has 90 valence electrons. The van der Waals surface area contributed by atoms with Crippen LogP contribution in [0, 0.1) is 6.92 Å². The van der Waals surface area contributed by atoms with Gasteiger partial charge in [-0.05, 0) is 31.0 Å². The van der Waals surface area contributed by atoms with Gasteiger partial charge in [0.2, 0.25) is 0 Å². The van der Waals surface area contributed by atoms with Gasteiger partial charge in [-0.2, -0.15) is 0 Å². The number of nitrogens with one attached hydrogen (secondary N) is 2. The van der Waals surface area contributed by atoms with Gasteiger partial charge in [-0.1, -0.05) is 6.07 Å². The molecule has 0 aliphatic carbocycles. The average Bonchev–Trinajstić information content (AvgIpc) is 2.68. The molecule has 1 aliphatic heterocycles. The molecule has 1 aromatic heterocycles. The molecular formula is C14H18N2O. The summed E-state index contributed by atoms with van der Waals surface area (Å²) in [7, 11) is 1.73. The minimum atomic E-state index is 0.543. The van der Waals surface area contributed by atoms with Crippen LogP contribution in [0.5, 0.6) is 5.75 Å². The number of fused-ring (bicyclic) bond motifs is 3. The van der Waals surface area contributed by atoms with Crippen molar-refractivity contribution in [3.8, 4) is 5.75 Å². The number of aryl methyl sites for hydroxylation is 1. The Hall–Kier alpha value is -1.48. The lowest BCUT2D eigenvalue weighted by Crippen LogP contribution is -2.32. The predicted molar refractivity (Wildman–Crippen MR) is 69.6 cm³/mol. The van der Waals surface area contributed by atoms with Crippen LogP contribution in [0.3, 0.4) is 0 Å².